The number of hydrogen-bond acceptors (Lipinski definition) is 5. The highest BCUT2D eigenvalue weighted by molar-refractivity contribution is 7.15. The first-order valence-corrected chi connectivity index (χ1v) is 9.49. The van der Waals surface area contributed by atoms with Crippen molar-refractivity contribution in [3.63, 3.8) is 0 Å². The molecule has 0 unspecified atom stereocenters. The Bertz CT molecular complexity index is 791. The lowest BCUT2D eigenvalue weighted by molar-refractivity contribution is -0.125. The summed E-state index contributed by atoms with van der Waals surface area (Å²) < 4.78 is 0. The number of halogens is 1. The number of nitrogens with one attached hydrogen (secondary N) is 2. The van der Waals surface area contributed by atoms with Crippen LogP contribution < -0.4 is 16.4 Å². The van der Waals surface area contributed by atoms with Crippen molar-refractivity contribution >= 4 is 39.9 Å². The Kier molecular flexibility index (Phi) is 7.14. The van der Waals surface area contributed by atoms with Crippen LogP contribution in [0.25, 0.3) is 0 Å². The van der Waals surface area contributed by atoms with E-state index in [1.807, 2.05) is 45.0 Å². The summed E-state index contributed by atoms with van der Waals surface area (Å²) in [5.41, 5.74) is 7.68. The first kappa shape index (κ1) is 20.4. The number of nitrogens with zero attached hydrogens (tertiary/aromatic N) is 1. The van der Waals surface area contributed by atoms with Crippen LogP contribution in [0, 0.1) is 12.8 Å². The summed E-state index contributed by atoms with van der Waals surface area (Å²) in [5.74, 6) is -0.668. The average molecular weight is 395 g/mol. The van der Waals surface area contributed by atoms with Crippen LogP contribution in [0.1, 0.15) is 30.0 Å². The number of carbonyl (C=O) groups is 2. The van der Waals surface area contributed by atoms with Gasteiger partial charge < -0.3 is 16.4 Å². The third-order valence-corrected chi connectivity index (χ3v) is 5.14. The molecular weight excluding hydrogens is 372 g/mol. The van der Waals surface area contributed by atoms with Gasteiger partial charge in [0, 0.05) is 16.3 Å². The number of aryl methyl sites for hydroxylation is 1. The second-order valence-corrected chi connectivity index (χ2v) is 7.89. The fourth-order valence-electron chi connectivity index (χ4n) is 2.23. The molecule has 1 heterocycles. The van der Waals surface area contributed by atoms with E-state index in [0.29, 0.717) is 16.6 Å². The molecule has 0 saturated carbocycles. The molecule has 1 atom stereocenters. The Morgan fingerprint density at radius 1 is 1.35 bits per heavy atom. The Balaban J connectivity index is 1.92. The predicted octanol–water partition coefficient (Wildman–Crippen LogP) is 2.73. The van der Waals surface area contributed by atoms with Gasteiger partial charge in [-0.1, -0.05) is 37.6 Å². The van der Waals surface area contributed by atoms with Gasteiger partial charge in [0.1, 0.15) is 0 Å². The molecule has 0 aliphatic heterocycles. The van der Waals surface area contributed by atoms with Gasteiger partial charge in [-0.25, -0.2) is 4.98 Å². The summed E-state index contributed by atoms with van der Waals surface area (Å²) >= 11 is 7.42. The molecule has 0 spiro atoms. The van der Waals surface area contributed by atoms with Crippen LogP contribution in [0.2, 0.25) is 5.02 Å². The zero-order valence-electron chi connectivity index (χ0n) is 15.0. The minimum atomic E-state index is -0.630. The van der Waals surface area contributed by atoms with Crippen molar-refractivity contribution in [2.24, 2.45) is 11.7 Å². The van der Waals surface area contributed by atoms with E-state index >= 15 is 0 Å². The maximum Gasteiger partial charge on any atom is 0.245 e. The minimum Gasteiger partial charge on any atom is -0.346 e. The van der Waals surface area contributed by atoms with Gasteiger partial charge >= 0.3 is 0 Å². The minimum absolute atomic E-state index is 0.00808. The van der Waals surface area contributed by atoms with Gasteiger partial charge in [0.2, 0.25) is 11.8 Å². The van der Waals surface area contributed by atoms with E-state index in [0.717, 1.165) is 16.1 Å². The number of nitrogens with two attached hydrogens (primary N) is 1. The van der Waals surface area contributed by atoms with Crippen molar-refractivity contribution in [2.45, 2.75) is 33.2 Å². The number of benzene rings is 1. The zero-order valence-corrected chi connectivity index (χ0v) is 16.6. The summed E-state index contributed by atoms with van der Waals surface area (Å²) in [6, 6.07) is 7.01. The molecule has 0 aliphatic rings. The smallest absolute Gasteiger partial charge is 0.245 e. The lowest BCUT2D eigenvalue weighted by Gasteiger charge is -2.14. The van der Waals surface area contributed by atoms with Crippen molar-refractivity contribution in [3.8, 4) is 0 Å². The third-order valence-electron chi connectivity index (χ3n) is 3.84. The standard InChI is InChI=1S/C18H23ClN4O2S/c1-10(2)16(20)17(25)21-9-15(24)23-18-22-11(3)14(26-18)8-12-5-4-6-13(19)7-12/h4-7,10,16H,8-9,20H2,1-3H3,(H,21,25)(H,22,23,24)/t16-/m0/s1. The van der Waals surface area contributed by atoms with Crippen molar-refractivity contribution < 1.29 is 9.59 Å². The van der Waals surface area contributed by atoms with E-state index in [9.17, 15) is 9.59 Å². The highest BCUT2D eigenvalue weighted by atomic mass is 35.5. The van der Waals surface area contributed by atoms with Gasteiger partial charge in [-0.3, -0.25) is 9.59 Å². The largest absolute Gasteiger partial charge is 0.346 e. The Labute approximate surface area is 162 Å². The SMILES string of the molecule is Cc1nc(NC(=O)CNC(=O)[C@@H](N)C(C)C)sc1Cc1cccc(Cl)c1. The molecule has 2 aromatic rings. The zero-order chi connectivity index (χ0) is 19.3. The lowest BCUT2D eigenvalue weighted by Crippen LogP contribution is -2.46. The van der Waals surface area contributed by atoms with Gasteiger partial charge in [-0.05, 0) is 30.5 Å². The summed E-state index contributed by atoms with van der Waals surface area (Å²) in [6.07, 6.45) is 0.694. The van der Waals surface area contributed by atoms with E-state index in [1.54, 1.807) is 0 Å². The van der Waals surface area contributed by atoms with E-state index in [-0.39, 0.29) is 24.3 Å². The molecule has 1 aromatic carbocycles. The molecule has 2 amide bonds. The quantitative estimate of drug-likeness (QED) is 0.672. The molecule has 6 nitrogen and oxygen atoms in total. The molecule has 0 fully saturated rings. The van der Waals surface area contributed by atoms with E-state index in [4.69, 9.17) is 17.3 Å². The summed E-state index contributed by atoms with van der Waals surface area (Å²) in [4.78, 5) is 29.2. The maximum absolute atomic E-state index is 12.0. The van der Waals surface area contributed by atoms with E-state index < -0.39 is 6.04 Å². The number of rotatable bonds is 7. The number of anilines is 1. The van der Waals surface area contributed by atoms with Crippen molar-refractivity contribution in [1.29, 1.82) is 0 Å². The highest BCUT2D eigenvalue weighted by Crippen LogP contribution is 2.26. The number of hydrogen-bond donors (Lipinski definition) is 3. The van der Waals surface area contributed by atoms with Crippen molar-refractivity contribution in [2.75, 3.05) is 11.9 Å². The number of amides is 2. The third kappa shape index (κ3) is 5.79. The first-order chi connectivity index (χ1) is 12.3. The maximum atomic E-state index is 12.0. The molecule has 2 rings (SSSR count). The molecular formula is C18H23ClN4O2S. The summed E-state index contributed by atoms with van der Waals surface area (Å²) in [6.45, 7) is 5.46. The van der Waals surface area contributed by atoms with E-state index in [2.05, 4.69) is 15.6 Å². The van der Waals surface area contributed by atoms with Crippen molar-refractivity contribution in [1.82, 2.24) is 10.3 Å². The first-order valence-electron chi connectivity index (χ1n) is 8.30. The topological polar surface area (TPSA) is 97.1 Å². The van der Waals surface area contributed by atoms with Crippen LogP contribution in [0.3, 0.4) is 0 Å². The monoisotopic (exact) mass is 394 g/mol. The average Bonchev–Trinajstić information content (AvgIpc) is 2.91. The van der Waals surface area contributed by atoms with Gasteiger partial charge in [0.25, 0.3) is 0 Å². The normalized spacial score (nSPS) is 12.1. The molecule has 1 aromatic heterocycles. The molecule has 140 valence electrons. The number of carbonyl (C=O) groups excluding carboxylic acids is 2. The van der Waals surface area contributed by atoms with Crippen LogP contribution in [-0.2, 0) is 16.0 Å². The molecule has 0 saturated heterocycles. The van der Waals surface area contributed by atoms with Crippen molar-refractivity contribution in [3.05, 3.63) is 45.4 Å². The van der Waals surface area contributed by atoms with Gasteiger partial charge in [0.05, 0.1) is 18.3 Å². The molecule has 4 N–H and O–H groups in total. The summed E-state index contributed by atoms with van der Waals surface area (Å²) in [7, 11) is 0. The fourth-order valence-corrected chi connectivity index (χ4v) is 3.46. The van der Waals surface area contributed by atoms with E-state index in [1.165, 1.54) is 11.3 Å². The fraction of sp³-hybridized carbons (Fsp3) is 0.389. The Hall–Kier alpha value is -1.96. The molecule has 8 heteroatoms. The highest BCUT2D eigenvalue weighted by Gasteiger charge is 2.18. The van der Waals surface area contributed by atoms with Crippen LogP contribution in [0.15, 0.2) is 24.3 Å². The van der Waals surface area contributed by atoms with Crippen LogP contribution in [-0.4, -0.2) is 29.4 Å². The molecule has 26 heavy (non-hydrogen) atoms. The molecule has 0 radical (unpaired) electrons. The summed E-state index contributed by atoms with van der Waals surface area (Å²) in [5, 5.41) is 6.44. The Morgan fingerprint density at radius 3 is 2.73 bits per heavy atom. The van der Waals surface area contributed by atoms with Gasteiger partial charge in [-0.2, -0.15) is 0 Å². The van der Waals surface area contributed by atoms with Gasteiger partial charge in [-0.15, -0.1) is 11.3 Å². The van der Waals surface area contributed by atoms with Crippen LogP contribution in [0.4, 0.5) is 5.13 Å². The lowest BCUT2D eigenvalue weighted by atomic mass is 10.1. The second-order valence-electron chi connectivity index (χ2n) is 6.37. The van der Waals surface area contributed by atoms with Crippen LogP contribution >= 0.6 is 22.9 Å². The molecule has 0 aliphatic carbocycles. The van der Waals surface area contributed by atoms with Crippen LogP contribution in [0.5, 0.6) is 0 Å². The molecule has 0 bridgehead atoms. The van der Waals surface area contributed by atoms with Gasteiger partial charge in [0.15, 0.2) is 5.13 Å². The Morgan fingerprint density at radius 2 is 2.08 bits per heavy atom. The number of thiazole rings is 1. The number of aromatic nitrogens is 1. The predicted molar refractivity (Wildman–Crippen MR) is 106 cm³/mol. The second kappa shape index (κ2) is 9.12.